The van der Waals surface area contributed by atoms with Crippen molar-refractivity contribution in [3.8, 4) is 0 Å². The molecule has 0 heterocycles. The number of hydrogen-bond acceptors (Lipinski definition) is 3. The van der Waals surface area contributed by atoms with Crippen LogP contribution in [-0.4, -0.2) is 26.6 Å². The lowest BCUT2D eigenvalue weighted by Gasteiger charge is -2.37. The smallest absolute Gasteiger partial charge is 0.102 e. The van der Waals surface area contributed by atoms with Gasteiger partial charge < -0.3 is 10.3 Å². The maximum absolute atomic E-state index is 10.1. The van der Waals surface area contributed by atoms with Gasteiger partial charge in [0.05, 0.1) is 5.71 Å². The number of fused-ring (bicyclic) bond motifs is 2. The predicted octanol–water partition coefficient (Wildman–Crippen LogP) is 2.05. The van der Waals surface area contributed by atoms with E-state index < -0.39 is 6.10 Å². The van der Waals surface area contributed by atoms with Crippen molar-refractivity contribution in [2.75, 3.05) is 4.43 Å². The van der Waals surface area contributed by atoms with E-state index in [2.05, 4.69) is 41.6 Å². The Morgan fingerprint density at radius 1 is 1.57 bits per heavy atom. The van der Waals surface area contributed by atoms with E-state index in [1.165, 1.54) is 0 Å². The number of alkyl halides is 1. The van der Waals surface area contributed by atoms with Gasteiger partial charge in [-0.15, -0.1) is 0 Å². The molecule has 0 aromatic heterocycles. The van der Waals surface area contributed by atoms with Crippen molar-refractivity contribution in [2.45, 2.75) is 32.8 Å². The van der Waals surface area contributed by atoms with Gasteiger partial charge >= 0.3 is 0 Å². The number of aliphatic hydroxyl groups is 1. The molecule has 14 heavy (non-hydrogen) atoms. The molecular weight excluding hydrogens is 293 g/mol. The van der Waals surface area contributed by atoms with Crippen LogP contribution in [0.4, 0.5) is 0 Å². The van der Waals surface area contributed by atoms with Crippen LogP contribution in [-0.2, 0) is 0 Å². The summed E-state index contributed by atoms with van der Waals surface area (Å²) in [5, 5.41) is 22.3. The molecule has 2 bridgehead atoms. The molecule has 2 fully saturated rings. The van der Waals surface area contributed by atoms with Crippen LogP contribution in [0, 0.1) is 16.7 Å². The van der Waals surface area contributed by atoms with Gasteiger partial charge in [0.1, 0.15) is 6.10 Å². The van der Waals surface area contributed by atoms with Crippen molar-refractivity contribution in [3.63, 3.8) is 0 Å². The molecule has 0 radical (unpaired) electrons. The lowest BCUT2D eigenvalue weighted by atomic mass is 9.70. The molecule has 0 spiro atoms. The van der Waals surface area contributed by atoms with Crippen molar-refractivity contribution < 1.29 is 10.3 Å². The summed E-state index contributed by atoms with van der Waals surface area (Å²) in [4.78, 5) is 0. The molecule has 0 amide bonds. The van der Waals surface area contributed by atoms with Crippen LogP contribution in [0.15, 0.2) is 5.16 Å². The second-order valence-corrected chi connectivity index (χ2v) is 5.75. The van der Waals surface area contributed by atoms with E-state index >= 15 is 0 Å². The van der Waals surface area contributed by atoms with Gasteiger partial charge in [0.15, 0.2) is 0 Å². The molecule has 2 aliphatic carbocycles. The molecule has 2 N–H and O–H groups in total. The van der Waals surface area contributed by atoms with Crippen LogP contribution in [0.2, 0.25) is 0 Å². The third kappa shape index (κ3) is 0.939. The first kappa shape index (κ1) is 10.7. The SMILES string of the molecule is C[C@@]12CC[C@@H](/C(=N\O)[C@@H]1O)[C@@]2(C)CI. The normalized spacial score (nSPS) is 54.4. The van der Waals surface area contributed by atoms with Crippen LogP contribution in [0.1, 0.15) is 26.7 Å². The first-order valence-corrected chi connectivity index (χ1v) is 6.49. The van der Waals surface area contributed by atoms with Crippen LogP contribution >= 0.6 is 22.6 Å². The number of nitrogens with zero attached hydrogens (tertiary/aromatic N) is 1. The van der Waals surface area contributed by atoms with Gasteiger partial charge in [-0.2, -0.15) is 0 Å². The quantitative estimate of drug-likeness (QED) is 0.337. The van der Waals surface area contributed by atoms with Gasteiger partial charge in [0.25, 0.3) is 0 Å². The third-order valence-electron chi connectivity index (χ3n) is 4.66. The Hall–Kier alpha value is 0.160. The maximum atomic E-state index is 10.1. The fourth-order valence-electron chi connectivity index (χ4n) is 3.26. The lowest BCUT2D eigenvalue weighted by molar-refractivity contribution is 0.0374. The Labute approximate surface area is 97.7 Å². The summed E-state index contributed by atoms with van der Waals surface area (Å²) in [6.45, 7) is 4.33. The average Bonchev–Trinajstić information content (AvgIpc) is 2.52. The number of rotatable bonds is 1. The summed E-state index contributed by atoms with van der Waals surface area (Å²) < 4.78 is 1.00. The topological polar surface area (TPSA) is 52.8 Å². The summed E-state index contributed by atoms with van der Waals surface area (Å²) >= 11 is 2.38. The second kappa shape index (κ2) is 3.07. The van der Waals surface area contributed by atoms with Crippen molar-refractivity contribution >= 4 is 28.3 Å². The zero-order chi connectivity index (χ0) is 10.6. The van der Waals surface area contributed by atoms with E-state index in [4.69, 9.17) is 5.21 Å². The summed E-state index contributed by atoms with van der Waals surface area (Å²) in [7, 11) is 0. The Bertz CT molecular complexity index is 292. The van der Waals surface area contributed by atoms with Crippen molar-refractivity contribution in [1.29, 1.82) is 0 Å². The minimum Gasteiger partial charge on any atom is -0.411 e. The first-order chi connectivity index (χ1) is 6.51. The fourth-order valence-corrected chi connectivity index (χ4v) is 4.66. The van der Waals surface area contributed by atoms with Gasteiger partial charge in [0, 0.05) is 15.8 Å². The predicted molar refractivity (Wildman–Crippen MR) is 63.1 cm³/mol. The summed E-state index contributed by atoms with van der Waals surface area (Å²) in [6, 6.07) is 0. The largest absolute Gasteiger partial charge is 0.411 e. The molecule has 80 valence electrons. The first-order valence-electron chi connectivity index (χ1n) is 4.97. The molecule has 2 saturated carbocycles. The third-order valence-corrected chi connectivity index (χ3v) is 6.24. The van der Waals surface area contributed by atoms with Gasteiger partial charge in [0.2, 0.25) is 0 Å². The van der Waals surface area contributed by atoms with Crippen LogP contribution in [0.25, 0.3) is 0 Å². The molecule has 4 heteroatoms. The zero-order valence-corrected chi connectivity index (χ0v) is 10.7. The average molecular weight is 309 g/mol. The molecule has 0 unspecified atom stereocenters. The van der Waals surface area contributed by atoms with Crippen molar-refractivity contribution in [1.82, 2.24) is 0 Å². The standard InChI is InChI=1S/C10H16INO2/c1-9-4-3-6(10(9,2)5-11)7(12-14)8(9)13/h6,8,13-14H,3-5H2,1-2H3/b12-7+/t6-,8-,9+,10+/m0/s1. The number of aliphatic hydroxyl groups excluding tert-OH is 1. The lowest BCUT2D eigenvalue weighted by Crippen LogP contribution is -2.39. The Balaban J connectivity index is 2.50. The summed E-state index contributed by atoms with van der Waals surface area (Å²) in [5.74, 6) is 0.268. The Morgan fingerprint density at radius 3 is 2.57 bits per heavy atom. The molecular formula is C10H16INO2. The van der Waals surface area contributed by atoms with E-state index in [0.717, 1.165) is 17.3 Å². The Morgan fingerprint density at radius 2 is 2.21 bits per heavy atom. The van der Waals surface area contributed by atoms with Crippen molar-refractivity contribution in [3.05, 3.63) is 0 Å². The highest BCUT2D eigenvalue weighted by Crippen LogP contribution is 2.64. The van der Waals surface area contributed by atoms with Crippen LogP contribution in [0.3, 0.4) is 0 Å². The van der Waals surface area contributed by atoms with Gasteiger partial charge in [-0.25, -0.2) is 0 Å². The van der Waals surface area contributed by atoms with Gasteiger partial charge in [-0.05, 0) is 18.3 Å². The monoisotopic (exact) mass is 309 g/mol. The highest BCUT2D eigenvalue weighted by molar-refractivity contribution is 14.1. The minimum atomic E-state index is -0.550. The number of oxime groups is 1. The fraction of sp³-hybridized carbons (Fsp3) is 0.900. The Kier molecular flexibility index (Phi) is 2.34. The van der Waals surface area contributed by atoms with Gasteiger partial charge in [-0.1, -0.05) is 41.6 Å². The molecule has 0 aromatic rings. The zero-order valence-electron chi connectivity index (χ0n) is 8.50. The molecule has 2 rings (SSSR count). The van der Waals surface area contributed by atoms with E-state index in [9.17, 15) is 5.11 Å². The van der Waals surface area contributed by atoms with Crippen LogP contribution < -0.4 is 0 Å². The van der Waals surface area contributed by atoms with Gasteiger partial charge in [-0.3, -0.25) is 0 Å². The van der Waals surface area contributed by atoms with E-state index in [-0.39, 0.29) is 16.7 Å². The van der Waals surface area contributed by atoms with E-state index in [0.29, 0.717) is 5.71 Å². The van der Waals surface area contributed by atoms with E-state index in [1.54, 1.807) is 0 Å². The number of hydrogen-bond donors (Lipinski definition) is 2. The summed E-state index contributed by atoms with van der Waals surface area (Å²) in [6.07, 6.45) is 1.54. The maximum Gasteiger partial charge on any atom is 0.102 e. The molecule has 0 aliphatic heterocycles. The molecule has 2 aliphatic rings. The van der Waals surface area contributed by atoms with Crippen LogP contribution in [0.5, 0.6) is 0 Å². The minimum absolute atomic E-state index is 0.0918. The molecule has 0 aromatic carbocycles. The molecule has 3 nitrogen and oxygen atoms in total. The van der Waals surface area contributed by atoms with E-state index in [1.807, 2.05) is 0 Å². The summed E-state index contributed by atoms with van der Waals surface area (Å²) in [5.41, 5.74) is 0.604. The molecule has 0 saturated heterocycles. The number of halogens is 1. The molecule has 4 atom stereocenters. The second-order valence-electron chi connectivity index (χ2n) is 4.99. The van der Waals surface area contributed by atoms with Crippen molar-refractivity contribution in [2.24, 2.45) is 21.9 Å². The highest BCUT2D eigenvalue weighted by atomic mass is 127. The highest BCUT2D eigenvalue weighted by Gasteiger charge is 2.66.